The van der Waals surface area contributed by atoms with Crippen molar-refractivity contribution in [1.82, 2.24) is 0 Å². The molecule has 2 aliphatic heterocycles. The molecule has 0 saturated carbocycles. The number of hydrogen-bond donors (Lipinski definition) is 0. The lowest BCUT2D eigenvalue weighted by molar-refractivity contribution is -0.129. The second-order valence-corrected chi connectivity index (χ2v) is 6.12. The van der Waals surface area contributed by atoms with Crippen LogP contribution in [-0.2, 0) is 9.53 Å². The van der Waals surface area contributed by atoms with E-state index in [1.807, 2.05) is 0 Å². The Morgan fingerprint density at radius 1 is 1.00 bits per heavy atom. The number of carbonyl (C=O) groups excluding carboxylic acids is 1. The molecule has 0 radical (unpaired) electrons. The van der Waals surface area contributed by atoms with Crippen LogP contribution in [0.2, 0.25) is 10.0 Å². The Hall–Kier alpha value is -2.64. The van der Waals surface area contributed by atoms with Gasteiger partial charge in [-0.2, -0.15) is 0 Å². The van der Waals surface area contributed by atoms with Crippen LogP contribution in [0.3, 0.4) is 0 Å². The zero-order valence-corrected chi connectivity index (χ0v) is 14.2. The summed E-state index contributed by atoms with van der Waals surface area (Å²) in [5.41, 5.74) is 0.324. The second kappa shape index (κ2) is 6.26. The maximum absolute atomic E-state index is 13.4. The van der Waals surface area contributed by atoms with E-state index in [2.05, 4.69) is 4.99 Å². The summed E-state index contributed by atoms with van der Waals surface area (Å²) in [6.45, 7) is 0.0741. The van der Waals surface area contributed by atoms with E-state index in [9.17, 15) is 13.6 Å². The molecule has 0 aliphatic carbocycles. The molecule has 2 aromatic rings. The molecule has 9 heteroatoms. The highest BCUT2D eigenvalue weighted by Crippen LogP contribution is 2.38. The first-order valence-corrected chi connectivity index (χ1v) is 7.94. The van der Waals surface area contributed by atoms with E-state index in [-0.39, 0.29) is 29.0 Å². The largest absolute Gasteiger partial charge is 0.454 e. The number of aliphatic imine (C=N–C) groups is 1. The van der Waals surface area contributed by atoms with Crippen LogP contribution in [0.15, 0.2) is 35.0 Å². The lowest BCUT2D eigenvalue weighted by Crippen LogP contribution is -2.07. The van der Waals surface area contributed by atoms with Crippen molar-refractivity contribution in [2.45, 2.75) is 0 Å². The number of ether oxygens (including phenoxy) is 3. The molecule has 26 heavy (non-hydrogen) atoms. The Kier molecular flexibility index (Phi) is 4.05. The molecule has 132 valence electrons. The fourth-order valence-electron chi connectivity index (χ4n) is 2.40. The number of halogens is 4. The van der Waals surface area contributed by atoms with E-state index in [4.69, 9.17) is 37.4 Å². The fraction of sp³-hybridized carbons (Fsp3) is 0.0588. The Morgan fingerprint density at radius 2 is 1.69 bits per heavy atom. The first-order valence-electron chi connectivity index (χ1n) is 7.19. The molecule has 0 fully saturated rings. The monoisotopic (exact) mass is 397 g/mol. The molecule has 0 unspecified atom stereocenters. The summed E-state index contributed by atoms with van der Waals surface area (Å²) in [6.07, 6.45) is 1.38. The Labute approximate surface area is 155 Å². The lowest BCUT2D eigenvalue weighted by Gasteiger charge is -2.03. The summed E-state index contributed by atoms with van der Waals surface area (Å²) >= 11 is 12.0. The highest BCUT2D eigenvalue weighted by Gasteiger charge is 2.27. The number of cyclic esters (lactones) is 1. The Morgan fingerprint density at radius 3 is 2.46 bits per heavy atom. The second-order valence-electron chi connectivity index (χ2n) is 5.31. The number of esters is 1. The molecular weight excluding hydrogens is 391 g/mol. The summed E-state index contributed by atoms with van der Waals surface area (Å²) in [4.78, 5) is 16.1. The van der Waals surface area contributed by atoms with Crippen LogP contribution in [0.1, 0.15) is 11.1 Å². The van der Waals surface area contributed by atoms with Gasteiger partial charge in [0.15, 0.2) is 28.8 Å². The van der Waals surface area contributed by atoms with E-state index in [0.717, 1.165) is 12.1 Å². The van der Waals surface area contributed by atoms with Gasteiger partial charge >= 0.3 is 5.97 Å². The van der Waals surface area contributed by atoms with Crippen molar-refractivity contribution in [1.29, 1.82) is 0 Å². The normalized spacial score (nSPS) is 16.8. The topological polar surface area (TPSA) is 57.1 Å². The van der Waals surface area contributed by atoms with Crippen LogP contribution in [0.5, 0.6) is 11.5 Å². The average Bonchev–Trinajstić information content (AvgIpc) is 3.18. The molecule has 4 rings (SSSR count). The fourth-order valence-corrected chi connectivity index (χ4v) is 2.84. The highest BCUT2D eigenvalue weighted by molar-refractivity contribution is 6.34. The molecule has 0 N–H and O–H groups in total. The van der Waals surface area contributed by atoms with E-state index < -0.39 is 17.6 Å². The maximum Gasteiger partial charge on any atom is 0.363 e. The summed E-state index contributed by atoms with van der Waals surface area (Å²) in [6, 6.07) is 4.72. The van der Waals surface area contributed by atoms with Crippen LogP contribution in [-0.4, -0.2) is 18.7 Å². The van der Waals surface area contributed by atoms with E-state index >= 15 is 0 Å². The molecule has 0 amide bonds. The Bertz CT molecular complexity index is 1020. The van der Waals surface area contributed by atoms with Gasteiger partial charge in [0.2, 0.25) is 12.7 Å². The van der Waals surface area contributed by atoms with Gasteiger partial charge in [-0.05, 0) is 29.8 Å². The predicted octanol–water partition coefficient (Wildman–Crippen LogP) is 4.34. The number of nitrogens with zero attached hydrogens (tertiary/aromatic N) is 1. The minimum atomic E-state index is -1.14. The van der Waals surface area contributed by atoms with Gasteiger partial charge in [0, 0.05) is 6.07 Å². The first-order chi connectivity index (χ1) is 12.4. The number of fused-ring (bicyclic) bond motifs is 1. The van der Waals surface area contributed by atoms with Crippen LogP contribution >= 0.6 is 23.2 Å². The third-order valence-electron chi connectivity index (χ3n) is 3.64. The smallest absolute Gasteiger partial charge is 0.363 e. The molecule has 2 aromatic carbocycles. The van der Waals surface area contributed by atoms with Gasteiger partial charge in [0.25, 0.3) is 0 Å². The van der Waals surface area contributed by atoms with Crippen molar-refractivity contribution >= 4 is 41.1 Å². The van der Waals surface area contributed by atoms with Crippen molar-refractivity contribution in [2.24, 2.45) is 4.99 Å². The van der Waals surface area contributed by atoms with Crippen molar-refractivity contribution < 1.29 is 27.8 Å². The molecule has 2 heterocycles. The standard InChI is InChI=1S/C17H7Cl2F2NO4/c18-9-5-15-14(24-6-25-15)2-7(9)1-13-17(23)26-16(22-13)8-3-11(20)12(21)4-10(8)19/h1-5H,6H2. The predicted molar refractivity (Wildman–Crippen MR) is 89.5 cm³/mol. The molecule has 0 saturated heterocycles. The first kappa shape index (κ1) is 16.8. The van der Waals surface area contributed by atoms with Crippen molar-refractivity contribution in [2.75, 3.05) is 6.79 Å². The molecule has 5 nitrogen and oxygen atoms in total. The zero-order valence-electron chi connectivity index (χ0n) is 12.7. The van der Waals surface area contributed by atoms with Crippen LogP contribution in [0.25, 0.3) is 6.08 Å². The summed E-state index contributed by atoms with van der Waals surface area (Å²) < 4.78 is 42.1. The third-order valence-corrected chi connectivity index (χ3v) is 4.29. The van der Waals surface area contributed by atoms with Gasteiger partial charge in [-0.3, -0.25) is 0 Å². The number of rotatable bonds is 2. The number of benzene rings is 2. The van der Waals surface area contributed by atoms with E-state index in [1.165, 1.54) is 6.08 Å². The third kappa shape index (κ3) is 2.89. The SMILES string of the molecule is O=C1OC(c2cc(F)c(F)cc2Cl)=NC1=Cc1cc2c(cc1Cl)OCO2. The molecule has 2 aliphatic rings. The van der Waals surface area contributed by atoms with Crippen molar-refractivity contribution in [3.63, 3.8) is 0 Å². The minimum absolute atomic E-state index is 0.0425. The minimum Gasteiger partial charge on any atom is -0.454 e. The molecule has 0 bridgehead atoms. The van der Waals surface area contributed by atoms with Crippen LogP contribution in [0, 0.1) is 11.6 Å². The Balaban J connectivity index is 1.74. The number of hydrogen-bond acceptors (Lipinski definition) is 5. The molecular formula is C17H7Cl2F2NO4. The van der Waals surface area contributed by atoms with Gasteiger partial charge in [0.1, 0.15) is 0 Å². The zero-order chi connectivity index (χ0) is 18.4. The summed E-state index contributed by atoms with van der Waals surface area (Å²) in [5.74, 6) is -2.31. The number of carbonyl (C=O) groups is 1. The molecule has 0 aromatic heterocycles. The van der Waals surface area contributed by atoms with E-state index in [0.29, 0.717) is 22.1 Å². The summed E-state index contributed by atoms with van der Waals surface area (Å²) in [7, 11) is 0. The van der Waals surface area contributed by atoms with Crippen LogP contribution < -0.4 is 9.47 Å². The van der Waals surface area contributed by atoms with Gasteiger partial charge in [-0.15, -0.1) is 0 Å². The van der Waals surface area contributed by atoms with Crippen molar-refractivity contribution in [3.8, 4) is 11.5 Å². The van der Waals surface area contributed by atoms with Gasteiger partial charge in [-0.1, -0.05) is 23.2 Å². The highest BCUT2D eigenvalue weighted by atomic mass is 35.5. The maximum atomic E-state index is 13.4. The van der Waals surface area contributed by atoms with Gasteiger partial charge < -0.3 is 14.2 Å². The average molecular weight is 398 g/mol. The van der Waals surface area contributed by atoms with Gasteiger partial charge in [-0.25, -0.2) is 18.6 Å². The molecule has 0 atom stereocenters. The lowest BCUT2D eigenvalue weighted by atomic mass is 10.1. The van der Waals surface area contributed by atoms with Crippen LogP contribution in [0.4, 0.5) is 8.78 Å². The van der Waals surface area contributed by atoms with E-state index in [1.54, 1.807) is 12.1 Å². The van der Waals surface area contributed by atoms with Gasteiger partial charge in [0.05, 0.1) is 15.6 Å². The van der Waals surface area contributed by atoms with Crippen molar-refractivity contribution in [3.05, 3.63) is 62.8 Å². The quantitative estimate of drug-likeness (QED) is 0.429. The summed E-state index contributed by atoms with van der Waals surface area (Å²) in [5, 5.41) is 0.168. The molecule has 0 spiro atoms.